The predicted molar refractivity (Wildman–Crippen MR) is 82.3 cm³/mol. The van der Waals surface area contributed by atoms with Gasteiger partial charge in [0.05, 0.1) is 4.90 Å². The fourth-order valence-electron chi connectivity index (χ4n) is 2.52. The van der Waals surface area contributed by atoms with Crippen LogP contribution in [-0.4, -0.2) is 54.9 Å². The van der Waals surface area contributed by atoms with Crippen LogP contribution >= 0.6 is 0 Å². The zero-order chi connectivity index (χ0) is 17.3. The van der Waals surface area contributed by atoms with E-state index in [0.29, 0.717) is 5.76 Å². The van der Waals surface area contributed by atoms with Crippen molar-refractivity contribution in [3.05, 3.63) is 47.6 Å². The first-order valence-corrected chi connectivity index (χ1v) is 8.80. The Kier molecular flexibility index (Phi) is 4.37. The highest BCUT2D eigenvalue weighted by Gasteiger charge is 2.31. The van der Waals surface area contributed by atoms with Crippen LogP contribution in [0.25, 0.3) is 0 Å². The second-order valence-corrected chi connectivity index (χ2v) is 7.41. The Morgan fingerprint density at radius 3 is 2.33 bits per heavy atom. The fraction of sp³-hybridized carbons (Fsp3) is 0.333. The number of hydrogen-bond donors (Lipinski definition) is 0. The van der Waals surface area contributed by atoms with Gasteiger partial charge >= 0.3 is 0 Å². The minimum Gasteiger partial charge on any atom is -0.361 e. The molecule has 1 aliphatic rings. The summed E-state index contributed by atoms with van der Waals surface area (Å²) in [6.07, 6.45) is 0. The molecule has 1 saturated heterocycles. The molecular formula is C15H16FN3O4S. The van der Waals surface area contributed by atoms with Crippen molar-refractivity contribution >= 4 is 15.9 Å². The number of sulfonamides is 1. The molecule has 0 aliphatic carbocycles. The summed E-state index contributed by atoms with van der Waals surface area (Å²) < 4.78 is 44.2. The highest BCUT2D eigenvalue weighted by molar-refractivity contribution is 7.89. The molecule has 0 spiro atoms. The minimum absolute atomic E-state index is 0.0378. The van der Waals surface area contributed by atoms with E-state index in [0.717, 1.165) is 12.1 Å². The second kappa shape index (κ2) is 6.33. The standard InChI is InChI=1S/C15H16FN3O4S/c1-11-10-14(17-23-11)15(20)18-6-8-19(9-7-18)24(21,22)13-4-2-12(16)3-5-13/h2-5,10H,6-9H2,1H3. The number of piperazine rings is 1. The lowest BCUT2D eigenvalue weighted by molar-refractivity contribution is 0.0687. The van der Waals surface area contributed by atoms with E-state index in [-0.39, 0.29) is 42.7 Å². The summed E-state index contributed by atoms with van der Waals surface area (Å²) in [5.41, 5.74) is 0.211. The first-order chi connectivity index (χ1) is 11.4. The van der Waals surface area contributed by atoms with E-state index in [2.05, 4.69) is 5.16 Å². The monoisotopic (exact) mass is 353 g/mol. The third kappa shape index (κ3) is 3.17. The number of benzene rings is 1. The lowest BCUT2D eigenvalue weighted by Gasteiger charge is -2.33. The van der Waals surface area contributed by atoms with Crippen molar-refractivity contribution in [2.75, 3.05) is 26.2 Å². The van der Waals surface area contributed by atoms with Crippen molar-refractivity contribution in [1.82, 2.24) is 14.4 Å². The van der Waals surface area contributed by atoms with E-state index in [1.54, 1.807) is 13.0 Å². The number of carbonyl (C=O) groups is 1. The smallest absolute Gasteiger partial charge is 0.276 e. The average molecular weight is 353 g/mol. The molecule has 1 aromatic carbocycles. The Morgan fingerprint density at radius 1 is 1.17 bits per heavy atom. The molecule has 0 N–H and O–H groups in total. The van der Waals surface area contributed by atoms with Gasteiger partial charge in [-0.2, -0.15) is 4.31 Å². The van der Waals surface area contributed by atoms with Crippen molar-refractivity contribution in [2.45, 2.75) is 11.8 Å². The summed E-state index contributed by atoms with van der Waals surface area (Å²) in [7, 11) is -3.69. The summed E-state index contributed by atoms with van der Waals surface area (Å²) >= 11 is 0. The molecule has 2 heterocycles. The highest BCUT2D eigenvalue weighted by atomic mass is 32.2. The van der Waals surface area contributed by atoms with Crippen LogP contribution in [0, 0.1) is 12.7 Å². The topological polar surface area (TPSA) is 83.7 Å². The lowest BCUT2D eigenvalue weighted by Crippen LogP contribution is -2.50. The molecule has 1 amide bonds. The van der Waals surface area contributed by atoms with Gasteiger partial charge in [-0.05, 0) is 31.2 Å². The molecule has 0 saturated carbocycles. The normalized spacial score (nSPS) is 16.3. The molecule has 7 nitrogen and oxygen atoms in total. The van der Waals surface area contributed by atoms with Gasteiger partial charge in [0.25, 0.3) is 5.91 Å². The van der Waals surface area contributed by atoms with Gasteiger partial charge in [0.2, 0.25) is 10.0 Å². The number of amides is 1. The zero-order valence-corrected chi connectivity index (χ0v) is 13.8. The van der Waals surface area contributed by atoms with Gasteiger partial charge in [-0.15, -0.1) is 0 Å². The maximum atomic E-state index is 13.0. The van der Waals surface area contributed by atoms with E-state index in [4.69, 9.17) is 4.52 Å². The lowest BCUT2D eigenvalue weighted by atomic mass is 10.3. The van der Waals surface area contributed by atoms with Gasteiger partial charge in [-0.25, -0.2) is 12.8 Å². The predicted octanol–water partition coefficient (Wildman–Crippen LogP) is 1.27. The molecule has 0 bridgehead atoms. The third-order valence-electron chi connectivity index (χ3n) is 3.82. The Morgan fingerprint density at radius 2 is 1.79 bits per heavy atom. The summed E-state index contributed by atoms with van der Waals surface area (Å²) in [5, 5.41) is 3.68. The number of rotatable bonds is 3. The Bertz CT molecular complexity index is 840. The minimum atomic E-state index is -3.69. The van der Waals surface area contributed by atoms with E-state index in [1.165, 1.54) is 21.3 Å². The molecule has 0 radical (unpaired) electrons. The van der Waals surface area contributed by atoms with E-state index in [9.17, 15) is 17.6 Å². The maximum absolute atomic E-state index is 13.0. The van der Waals surface area contributed by atoms with Crippen molar-refractivity contribution in [3.63, 3.8) is 0 Å². The Hall–Kier alpha value is -2.26. The molecule has 24 heavy (non-hydrogen) atoms. The average Bonchev–Trinajstić information content (AvgIpc) is 3.01. The first-order valence-electron chi connectivity index (χ1n) is 7.36. The number of carbonyl (C=O) groups excluding carboxylic acids is 1. The van der Waals surface area contributed by atoms with Crippen LogP contribution in [0.2, 0.25) is 0 Å². The van der Waals surface area contributed by atoms with Crippen LogP contribution in [0.3, 0.4) is 0 Å². The number of hydrogen-bond acceptors (Lipinski definition) is 5. The SMILES string of the molecule is Cc1cc(C(=O)N2CCN(S(=O)(=O)c3ccc(F)cc3)CC2)no1. The summed E-state index contributed by atoms with van der Waals surface area (Å²) in [5.74, 6) is -0.242. The Balaban J connectivity index is 1.68. The second-order valence-electron chi connectivity index (χ2n) is 5.47. The van der Waals surface area contributed by atoms with E-state index < -0.39 is 15.8 Å². The van der Waals surface area contributed by atoms with Crippen LogP contribution in [0.1, 0.15) is 16.2 Å². The molecule has 0 atom stereocenters. The highest BCUT2D eigenvalue weighted by Crippen LogP contribution is 2.19. The number of halogens is 1. The number of aromatic nitrogens is 1. The number of aryl methyl sites for hydroxylation is 1. The molecule has 128 valence electrons. The van der Waals surface area contributed by atoms with Gasteiger partial charge in [0.15, 0.2) is 5.69 Å². The van der Waals surface area contributed by atoms with Crippen LogP contribution < -0.4 is 0 Å². The van der Waals surface area contributed by atoms with Gasteiger partial charge in [0.1, 0.15) is 11.6 Å². The molecule has 0 unspecified atom stereocenters. The molecule has 9 heteroatoms. The summed E-state index contributed by atoms with van der Waals surface area (Å²) in [6, 6.07) is 6.24. The van der Waals surface area contributed by atoms with Crippen molar-refractivity contribution in [2.24, 2.45) is 0 Å². The fourth-order valence-corrected chi connectivity index (χ4v) is 3.94. The molecule has 1 aliphatic heterocycles. The van der Waals surface area contributed by atoms with Gasteiger partial charge in [0, 0.05) is 32.2 Å². The summed E-state index contributed by atoms with van der Waals surface area (Å²) in [6.45, 7) is 2.54. The van der Waals surface area contributed by atoms with Crippen molar-refractivity contribution in [3.8, 4) is 0 Å². The van der Waals surface area contributed by atoms with Crippen LogP contribution in [0.15, 0.2) is 39.8 Å². The third-order valence-corrected chi connectivity index (χ3v) is 5.74. The Labute approximate surface area is 138 Å². The van der Waals surface area contributed by atoms with Crippen LogP contribution in [0.4, 0.5) is 4.39 Å². The van der Waals surface area contributed by atoms with Crippen LogP contribution in [-0.2, 0) is 10.0 Å². The zero-order valence-electron chi connectivity index (χ0n) is 13.0. The van der Waals surface area contributed by atoms with Gasteiger partial charge in [-0.3, -0.25) is 4.79 Å². The molecule has 1 fully saturated rings. The van der Waals surface area contributed by atoms with Crippen molar-refractivity contribution < 1.29 is 22.1 Å². The van der Waals surface area contributed by atoms with E-state index in [1.807, 2.05) is 0 Å². The quantitative estimate of drug-likeness (QED) is 0.830. The molecular weight excluding hydrogens is 337 g/mol. The maximum Gasteiger partial charge on any atom is 0.276 e. The van der Waals surface area contributed by atoms with Gasteiger partial charge < -0.3 is 9.42 Å². The molecule has 3 rings (SSSR count). The summed E-state index contributed by atoms with van der Waals surface area (Å²) in [4.78, 5) is 13.8. The largest absolute Gasteiger partial charge is 0.361 e. The van der Waals surface area contributed by atoms with Crippen LogP contribution in [0.5, 0.6) is 0 Å². The van der Waals surface area contributed by atoms with Gasteiger partial charge in [-0.1, -0.05) is 5.16 Å². The first kappa shape index (κ1) is 16.6. The molecule has 2 aromatic rings. The van der Waals surface area contributed by atoms with E-state index >= 15 is 0 Å². The number of nitrogens with zero attached hydrogens (tertiary/aromatic N) is 3. The van der Waals surface area contributed by atoms with Crippen molar-refractivity contribution in [1.29, 1.82) is 0 Å². The molecule has 1 aromatic heterocycles.